The van der Waals surface area contributed by atoms with Gasteiger partial charge in [0.05, 0.1) is 6.04 Å². The van der Waals surface area contributed by atoms with E-state index in [0.717, 1.165) is 12.0 Å². The molecular formula is C9H12N2O2. The van der Waals surface area contributed by atoms with Gasteiger partial charge in [0.25, 0.3) is 0 Å². The molecule has 1 amide bonds. The van der Waals surface area contributed by atoms with Gasteiger partial charge < -0.3 is 10.4 Å². The molecule has 0 bridgehead atoms. The maximum atomic E-state index is 10.4. The Balaban J connectivity index is 2.73. The van der Waals surface area contributed by atoms with E-state index in [2.05, 4.69) is 10.3 Å². The van der Waals surface area contributed by atoms with Crippen LogP contribution in [0.5, 0.6) is 0 Å². The van der Waals surface area contributed by atoms with Crippen molar-refractivity contribution in [1.29, 1.82) is 0 Å². The van der Waals surface area contributed by atoms with Gasteiger partial charge >= 0.3 is 6.09 Å². The number of nitrogens with one attached hydrogen (secondary N) is 1. The first kappa shape index (κ1) is 9.51. The smallest absolute Gasteiger partial charge is 0.405 e. The summed E-state index contributed by atoms with van der Waals surface area (Å²) in [5, 5.41) is 11.0. The second-order valence-electron chi connectivity index (χ2n) is 2.69. The molecule has 0 spiro atoms. The average molecular weight is 180 g/mol. The summed E-state index contributed by atoms with van der Waals surface area (Å²) in [4.78, 5) is 14.3. The maximum Gasteiger partial charge on any atom is 0.405 e. The highest BCUT2D eigenvalue weighted by molar-refractivity contribution is 5.65. The van der Waals surface area contributed by atoms with Crippen LogP contribution >= 0.6 is 0 Å². The summed E-state index contributed by atoms with van der Waals surface area (Å²) >= 11 is 0. The zero-order valence-electron chi connectivity index (χ0n) is 7.40. The molecule has 1 unspecified atom stereocenters. The van der Waals surface area contributed by atoms with E-state index in [-0.39, 0.29) is 6.04 Å². The van der Waals surface area contributed by atoms with E-state index in [1.807, 2.05) is 19.1 Å². The fraction of sp³-hybridized carbons (Fsp3) is 0.333. The van der Waals surface area contributed by atoms with Crippen LogP contribution in [0.2, 0.25) is 0 Å². The van der Waals surface area contributed by atoms with Crippen LogP contribution < -0.4 is 5.32 Å². The van der Waals surface area contributed by atoms with E-state index in [9.17, 15) is 4.79 Å². The molecule has 1 heterocycles. The Morgan fingerprint density at radius 1 is 1.62 bits per heavy atom. The third-order valence-electron chi connectivity index (χ3n) is 1.81. The molecule has 0 radical (unpaired) electrons. The van der Waals surface area contributed by atoms with Crippen LogP contribution in [0.15, 0.2) is 24.5 Å². The molecule has 4 nitrogen and oxygen atoms in total. The topological polar surface area (TPSA) is 62.2 Å². The fourth-order valence-electron chi connectivity index (χ4n) is 1.17. The molecule has 1 aromatic heterocycles. The molecule has 1 rings (SSSR count). The Morgan fingerprint density at radius 3 is 2.69 bits per heavy atom. The third kappa shape index (κ3) is 2.74. The Labute approximate surface area is 76.6 Å². The van der Waals surface area contributed by atoms with Gasteiger partial charge in [0.1, 0.15) is 0 Å². The molecule has 13 heavy (non-hydrogen) atoms. The van der Waals surface area contributed by atoms with E-state index < -0.39 is 6.09 Å². The first-order chi connectivity index (χ1) is 6.24. The molecule has 0 aliphatic heterocycles. The summed E-state index contributed by atoms with van der Waals surface area (Å²) in [5.41, 5.74) is 0.944. The monoisotopic (exact) mass is 180 g/mol. The summed E-state index contributed by atoms with van der Waals surface area (Å²) in [7, 11) is 0. The van der Waals surface area contributed by atoms with Gasteiger partial charge in [-0.05, 0) is 24.1 Å². The largest absolute Gasteiger partial charge is 0.465 e. The van der Waals surface area contributed by atoms with E-state index in [1.54, 1.807) is 12.4 Å². The highest BCUT2D eigenvalue weighted by atomic mass is 16.4. The molecule has 0 aromatic carbocycles. The molecule has 2 N–H and O–H groups in total. The van der Waals surface area contributed by atoms with Crippen molar-refractivity contribution in [3.05, 3.63) is 30.1 Å². The number of rotatable bonds is 3. The number of carboxylic acid groups (broad SMARTS) is 1. The molecular weight excluding hydrogens is 168 g/mol. The minimum absolute atomic E-state index is 0.138. The number of hydrogen-bond acceptors (Lipinski definition) is 2. The Morgan fingerprint density at radius 2 is 2.23 bits per heavy atom. The van der Waals surface area contributed by atoms with Crippen LogP contribution in [0.25, 0.3) is 0 Å². The second-order valence-corrected chi connectivity index (χ2v) is 2.69. The van der Waals surface area contributed by atoms with E-state index in [1.165, 1.54) is 0 Å². The summed E-state index contributed by atoms with van der Waals surface area (Å²) in [6.45, 7) is 1.93. The molecule has 0 saturated carbocycles. The lowest BCUT2D eigenvalue weighted by Gasteiger charge is -2.14. The summed E-state index contributed by atoms with van der Waals surface area (Å²) < 4.78 is 0. The predicted molar refractivity (Wildman–Crippen MR) is 48.4 cm³/mol. The first-order valence-electron chi connectivity index (χ1n) is 4.13. The van der Waals surface area contributed by atoms with Crippen LogP contribution in [0, 0.1) is 0 Å². The van der Waals surface area contributed by atoms with Gasteiger partial charge in [0.15, 0.2) is 0 Å². The van der Waals surface area contributed by atoms with Crippen molar-refractivity contribution in [2.45, 2.75) is 19.4 Å². The fourth-order valence-corrected chi connectivity index (χ4v) is 1.17. The van der Waals surface area contributed by atoms with Gasteiger partial charge in [-0.3, -0.25) is 4.98 Å². The van der Waals surface area contributed by atoms with Gasteiger partial charge in [-0.2, -0.15) is 0 Å². The second kappa shape index (κ2) is 4.45. The number of pyridine rings is 1. The number of amides is 1. The van der Waals surface area contributed by atoms with E-state index in [0.29, 0.717) is 0 Å². The van der Waals surface area contributed by atoms with Crippen LogP contribution in [-0.4, -0.2) is 16.2 Å². The van der Waals surface area contributed by atoms with Crippen LogP contribution in [0.1, 0.15) is 24.9 Å². The normalized spacial score (nSPS) is 12.1. The Kier molecular flexibility index (Phi) is 3.25. The molecule has 70 valence electrons. The maximum absolute atomic E-state index is 10.4. The molecule has 0 aliphatic rings. The molecule has 4 heteroatoms. The molecule has 0 fully saturated rings. The summed E-state index contributed by atoms with van der Waals surface area (Å²) in [6.07, 6.45) is 3.04. The highest BCUT2D eigenvalue weighted by Crippen LogP contribution is 2.14. The number of hydrogen-bond donors (Lipinski definition) is 2. The zero-order valence-corrected chi connectivity index (χ0v) is 7.40. The van der Waals surface area contributed by atoms with Crippen LogP contribution in [-0.2, 0) is 0 Å². The van der Waals surface area contributed by atoms with Crippen molar-refractivity contribution < 1.29 is 9.90 Å². The first-order valence-corrected chi connectivity index (χ1v) is 4.13. The average Bonchev–Trinajstić information content (AvgIpc) is 2.15. The van der Waals surface area contributed by atoms with E-state index >= 15 is 0 Å². The standard InChI is InChI=1S/C9H12N2O2/c1-2-8(11-9(12)13)7-3-5-10-6-4-7/h3-6,8,11H,2H2,1H3,(H,12,13). The predicted octanol–water partition coefficient (Wildman–Crippen LogP) is 1.80. The highest BCUT2D eigenvalue weighted by Gasteiger charge is 2.10. The van der Waals surface area contributed by atoms with Crippen molar-refractivity contribution in [3.63, 3.8) is 0 Å². The van der Waals surface area contributed by atoms with Crippen molar-refractivity contribution in [2.24, 2.45) is 0 Å². The van der Waals surface area contributed by atoms with Gasteiger partial charge in [0.2, 0.25) is 0 Å². The van der Waals surface area contributed by atoms with Crippen molar-refractivity contribution in [2.75, 3.05) is 0 Å². The SMILES string of the molecule is CCC(NC(=O)O)c1ccncc1. The lowest BCUT2D eigenvalue weighted by Crippen LogP contribution is -2.26. The number of aromatic nitrogens is 1. The third-order valence-corrected chi connectivity index (χ3v) is 1.81. The number of carbonyl (C=O) groups is 1. The lowest BCUT2D eigenvalue weighted by atomic mass is 10.1. The summed E-state index contributed by atoms with van der Waals surface area (Å²) in [5.74, 6) is 0. The van der Waals surface area contributed by atoms with Crippen molar-refractivity contribution in [1.82, 2.24) is 10.3 Å². The minimum atomic E-state index is -0.997. The minimum Gasteiger partial charge on any atom is -0.465 e. The molecule has 1 atom stereocenters. The van der Waals surface area contributed by atoms with Crippen molar-refractivity contribution in [3.8, 4) is 0 Å². The zero-order chi connectivity index (χ0) is 9.68. The van der Waals surface area contributed by atoms with Gasteiger partial charge in [0, 0.05) is 12.4 Å². The van der Waals surface area contributed by atoms with Gasteiger partial charge in [-0.1, -0.05) is 6.92 Å². The van der Waals surface area contributed by atoms with Gasteiger partial charge in [-0.25, -0.2) is 4.79 Å². The van der Waals surface area contributed by atoms with Crippen LogP contribution in [0.4, 0.5) is 4.79 Å². The Hall–Kier alpha value is -1.58. The molecule has 1 aromatic rings. The van der Waals surface area contributed by atoms with Crippen molar-refractivity contribution >= 4 is 6.09 Å². The quantitative estimate of drug-likeness (QED) is 0.745. The van der Waals surface area contributed by atoms with Crippen LogP contribution in [0.3, 0.4) is 0 Å². The lowest BCUT2D eigenvalue weighted by molar-refractivity contribution is 0.189. The summed E-state index contributed by atoms with van der Waals surface area (Å²) in [6, 6.07) is 3.48. The van der Waals surface area contributed by atoms with E-state index in [4.69, 9.17) is 5.11 Å². The molecule has 0 aliphatic carbocycles. The van der Waals surface area contributed by atoms with Gasteiger partial charge in [-0.15, -0.1) is 0 Å². The Bertz CT molecular complexity index is 274. The number of nitrogens with zero attached hydrogens (tertiary/aromatic N) is 1. The molecule has 0 saturated heterocycles.